The van der Waals surface area contributed by atoms with Crippen LogP contribution in [0.2, 0.25) is 0 Å². The number of hydrogen-bond donors (Lipinski definition) is 1. The number of rotatable bonds is 5. The van der Waals surface area contributed by atoms with Crippen LogP contribution in [0.5, 0.6) is 0 Å². The number of likely N-dealkylation sites (N-methyl/N-ethyl adjacent to an activating group) is 1. The van der Waals surface area contributed by atoms with Gasteiger partial charge in [0.25, 0.3) is 0 Å². The molecule has 1 aliphatic heterocycles. The molecular formula is C14H21BrN2. The molecule has 1 saturated heterocycles. The average molecular weight is 297 g/mol. The van der Waals surface area contributed by atoms with Gasteiger partial charge in [-0.1, -0.05) is 35.0 Å². The molecule has 0 amide bonds. The van der Waals surface area contributed by atoms with E-state index in [1.807, 2.05) is 0 Å². The van der Waals surface area contributed by atoms with Crippen LogP contribution in [0.3, 0.4) is 0 Å². The Morgan fingerprint density at radius 2 is 2.35 bits per heavy atom. The van der Waals surface area contributed by atoms with Crippen LogP contribution in [0.4, 0.5) is 0 Å². The molecule has 1 N–H and O–H groups in total. The Kier molecular flexibility index (Phi) is 5.01. The van der Waals surface area contributed by atoms with E-state index in [0.29, 0.717) is 6.04 Å². The summed E-state index contributed by atoms with van der Waals surface area (Å²) in [7, 11) is 0. The molecule has 2 rings (SSSR count). The molecule has 0 aliphatic carbocycles. The maximum Gasteiger partial charge on any atom is 0.0237 e. The van der Waals surface area contributed by atoms with Gasteiger partial charge in [-0.3, -0.25) is 4.90 Å². The number of likely N-dealkylation sites (tertiary alicyclic amines) is 1. The van der Waals surface area contributed by atoms with E-state index in [9.17, 15) is 0 Å². The zero-order valence-electron chi connectivity index (χ0n) is 10.5. The summed E-state index contributed by atoms with van der Waals surface area (Å²) in [5.41, 5.74) is 1.41. The average Bonchev–Trinajstić information content (AvgIpc) is 2.74. The van der Waals surface area contributed by atoms with Crippen LogP contribution in [0, 0.1) is 0 Å². The molecule has 2 nitrogen and oxygen atoms in total. The monoisotopic (exact) mass is 296 g/mol. The van der Waals surface area contributed by atoms with Crippen LogP contribution in [0.15, 0.2) is 28.7 Å². The first-order valence-electron chi connectivity index (χ1n) is 6.49. The van der Waals surface area contributed by atoms with Gasteiger partial charge in [0.15, 0.2) is 0 Å². The molecule has 1 aliphatic rings. The van der Waals surface area contributed by atoms with Crippen molar-refractivity contribution in [2.45, 2.75) is 32.4 Å². The minimum absolute atomic E-state index is 0.717. The third-order valence-corrected chi connectivity index (χ3v) is 3.90. The van der Waals surface area contributed by atoms with Crippen molar-refractivity contribution in [1.82, 2.24) is 10.2 Å². The van der Waals surface area contributed by atoms with Crippen LogP contribution in [0.1, 0.15) is 25.3 Å². The van der Waals surface area contributed by atoms with Gasteiger partial charge in [-0.05, 0) is 43.6 Å². The highest BCUT2D eigenvalue weighted by atomic mass is 79.9. The van der Waals surface area contributed by atoms with Gasteiger partial charge < -0.3 is 5.32 Å². The number of nitrogens with zero attached hydrogens (tertiary/aromatic N) is 1. The summed E-state index contributed by atoms with van der Waals surface area (Å²) < 4.78 is 1.18. The Hall–Kier alpha value is -0.380. The summed E-state index contributed by atoms with van der Waals surface area (Å²) in [6, 6.07) is 9.36. The number of halogens is 1. The smallest absolute Gasteiger partial charge is 0.0237 e. The van der Waals surface area contributed by atoms with E-state index in [2.05, 4.69) is 57.3 Å². The minimum atomic E-state index is 0.717. The standard InChI is InChI=1S/C14H21BrN2/c1-2-16-10-14-7-4-8-17(14)11-12-5-3-6-13(15)9-12/h3,5-6,9,14,16H,2,4,7-8,10-11H2,1H3. The van der Waals surface area contributed by atoms with E-state index >= 15 is 0 Å². The Labute approximate surface area is 113 Å². The zero-order chi connectivity index (χ0) is 12.1. The molecule has 0 spiro atoms. The molecular weight excluding hydrogens is 276 g/mol. The predicted octanol–water partition coefficient (Wildman–Crippen LogP) is 3.02. The van der Waals surface area contributed by atoms with Crippen molar-refractivity contribution in [3.63, 3.8) is 0 Å². The van der Waals surface area contributed by atoms with Crippen LogP contribution in [-0.4, -0.2) is 30.6 Å². The first kappa shape index (κ1) is 13.1. The third kappa shape index (κ3) is 3.80. The topological polar surface area (TPSA) is 15.3 Å². The Morgan fingerprint density at radius 3 is 3.12 bits per heavy atom. The summed E-state index contributed by atoms with van der Waals surface area (Å²) in [6.45, 7) is 6.69. The maximum atomic E-state index is 3.54. The molecule has 0 radical (unpaired) electrons. The zero-order valence-corrected chi connectivity index (χ0v) is 12.0. The van der Waals surface area contributed by atoms with Crippen molar-refractivity contribution in [2.75, 3.05) is 19.6 Å². The molecule has 3 heteroatoms. The quantitative estimate of drug-likeness (QED) is 0.898. The second-order valence-electron chi connectivity index (χ2n) is 4.70. The first-order chi connectivity index (χ1) is 8.29. The summed E-state index contributed by atoms with van der Waals surface area (Å²) >= 11 is 3.54. The van der Waals surface area contributed by atoms with Crippen LogP contribution in [-0.2, 0) is 6.54 Å². The van der Waals surface area contributed by atoms with E-state index < -0.39 is 0 Å². The normalized spacial score (nSPS) is 20.9. The lowest BCUT2D eigenvalue weighted by Crippen LogP contribution is -2.37. The Bertz CT molecular complexity index is 354. The van der Waals surface area contributed by atoms with Crippen LogP contribution < -0.4 is 5.32 Å². The van der Waals surface area contributed by atoms with Gasteiger partial charge in [0, 0.05) is 23.6 Å². The maximum absolute atomic E-state index is 3.54. The van der Waals surface area contributed by atoms with Crippen molar-refractivity contribution in [3.8, 4) is 0 Å². The van der Waals surface area contributed by atoms with Gasteiger partial charge >= 0.3 is 0 Å². The summed E-state index contributed by atoms with van der Waals surface area (Å²) in [4.78, 5) is 2.60. The molecule has 1 heterocycles. The van der Waals surface area contributed by atoms with E-state index in [-0.39, 0.29) is 0 Å². The van der Waals surface area contributed by atoms with Crippen molar-refractivity contribution < 1.29 is 0 Å². The lowest BCUT2D eigenvalue weighted by atomic mass is 10.2. The Morgan fingerprint density at radius 1 is 1.47 bits per heavy atom. The molecule has 0 saturated carbocycles. The SMILES string of the molecule is CCNCC1CCCN1Cc1cccc(Br)c1. The number of nitrogens with one attached hydrogen (secondary N) is 1. The van der Waals surface area contributed by atoms with Crippen molar-refractivity contribution >= 4 is 15.9 Å². The second kappa shape index (κ2) is 6.53. The predicted molar refractivity (Wildman–Crippen MR) is 76.1 cm³/mol. The fourth-order valence-electron chi connectivity index (χ4n) is 2.52. The molecule has 94 valence electrons. The van der Waals surface area contributed by atoms with Gasteiger partial charge in [-0.2, -0.15) is 0 Å². The van der Waals surface area contributed by atoms with E-state index in [4.69, 9.17) is 0 Å². The van der Waals surface area contributed by atoms with Gasteiger partial charge in [-0.15, -0.1) is 0 Å². The molecule has 1 fully saturated rings. The van der Waals surface area contributed by atoms with E-state index in [1.54, 1.807) is 0 Å². The summed E-state index contributed by atoms with van der Waals surface area (Å²) in [6.07, 6.45) is 2.67. The second-order valence-corrected chi connectivity index (χ2v) is 5.62. The van der Waals surface area contributed by atoms with Gasteiger partial charge in [0.1, 0.15) is 0 Å². The number of hydrogen-bond acceptors (Lipinski definition) is 2. The highest BCUT2D eigenvalue weighted by Gasteiger charge is 2.23. The molecule has 0 bridgehead atoms. The fraction of sp³-hybridized carbons (Fsp3) is 0.571. The molecule has 0 aromatic heterocycles. The van der Waals surface area contributed by atoms with E-state index in [0.717, 1.165) is 19.6 Å². The third-order valence-electron chi connectivity index (χ3n) is 3.40. The van der Waals surface area contributed by atoms with Crippen LogP contribution in [0.25, 0.3) is 0 Å². The molecule has 1 aromatic rings. The first-order valence-corrected chi connectivity index (χ1v) is 7.28. The molecule has 1 atom stereocenters. The molecule has 17 heavy (non-hydrogen) atoms. The van der Waals surface area contributed by atoms with Gasteiger partial charge in [0.2, 0.25) is 0 Å². The van der Waals surface area contributed by atoms with Crippen molar-refractivity contribution in [2.24, 2.45) is 0 Å². The lowest BCUT2D eigenvalue weighted by Gasteiger charge is -2.24. The minimum Gasteiger partial charge on any atom is -0.315 e. The number of benzene rings is 1. The highest BCUT2D eigenvalue weighted by molar-refractivity contribution is 9.10. The molecule has 1 unspecified atom stereocenters. The van der Waals surface area contributed by atoms with Crippen molar-refractivity contribution in [3.05, 3.63) is 34.3 Å². The largest absolute Gasteiger partial charge is 0.315 e. The van der Waals surface area contributed by atoms with Gasteiger partial charge in [0.05, 0.1) is 0 Å². The van der Waals surface area contributed by atoms with Crippen molar-refractivity contribution in [1.29, 1.82) is 0 Å². The molecule has 1 aromatic carbocycles. The lowest BCUT2D eigenvalue weighted by molar-refractivity contribution is 0.240. The van der Waals surface area contributed by atoms with Gasteiger partial charge in [-0.25, -0.2) is 0 Å². The van der Waals surface area contributed by atoms with E-state index in [1.165, 1.54) is 29.4 Å². The Balaban J connectivity index is 1.93. The summed E-state index contributed by atoms with van der Waals surface area (Å²) in [5, 5.41) is 3.47. The highest BCUT2D eigenvalue weighted by Crippen LogP contribution is 2.21. The fourth-order valence-corrected chi connectivity index (χ4v) is 2.96. The summed E-state index contributed by atoms with van der Waals surface area (Å²) in [5.74, 6) is 0. The van der Waals surface area contributed by atoms with Crippen LogP contribution >= 0.6 is 15.9 Å².